The molecule has 7 nitrogen and oxygen atoms in total. The molecule has 2 aromatic carbocycles. The van der Waals surface area contributed by atoms with Gasteiger partial charge in [0.05, 0.1) is 31.4 Å². The molecule has 0 fully saturated rings. The first kappa shape index (κ1) is 20.5. The highest BCUT2D eigenvalue weighted by atomic mass is 16.5. The van der Waals surface area contributed by atoms with Crippen LogP contribution >= 0.6 is 0 Å². The zero-order chi connectivity index (χ0) is 20.8. The van der Waals surface area contributed by atoms with Crippen molar-refractivity contribution in [3.63, 3.8) is 0 Å². The van der Waals surface area contributed by atoms with Crippen molar-refractivity contribution < 1.29 is 9.53 Å². The molecule has 0 aliphatic carbocycles. The number of carbonyl (C=O) groups is 1. The Balaban J connectivity index is 1.65. The van der Waals surface area contributed by atoms with Gasteiger partial charge in [-0.15, -0.1) is 0 Å². The number of hydrogen-bond acceptors (Lipinski definition) is 5. The van der Waals surface area contributed by atoms with Gasteiger partial charge in [-0.1, -0.05) is 30.3 Å². The monoisotopic (exact) mass is 394 g/mol. The highest BCUT2D eigenvalue weighted by Crippen LogP contribution is 2.27. The molecule has 1 atom stereocenters. The average molecular weight is 394 g/mol. The second kappa shape index (κ2) is 9.34. The van der Waals surface area contributed by atoms with Gasteiger partial charge in [0.2, 0.25) is 11.3 Å². The molecule has 3 rings (SSSR count). The van der Waals surface area contributed by atoms with Crippen LogP contribution in [0.25, 0.3) is 10.9 Å². The molecule has 0 saturated carbocycles. The molecular formula is C22H26N4O3. The molecule has 1 aromatic heterocycles. The van der Waals surface area contributed by atoms with E-state index in [2.05, 4.69) is 15.3 Å². The zero-order valence-corrected chi connectivity index (χ0v) is 17.0. The molecule has 0 aliphatic heterocycles. The first-order valence-corrected chi connectivity index (χ1v) is 9.52. The molecule has 0 aliphatic rings. The van der Waals surface area contributed by atoms with Gasteiger partial charge >= 0.3 is 0 Å². The fourth-order valence-corrected chi connectivity index (χ4v) is 3.36. The lowest BCUT2D eigenvalue weighted by atomic mass is 10.0. The molecule has 3 aromatic rings. The van der Waals surface area contributed by atoms with Crippen LogP contribution < -0.4 is 15.5 Å². The van der Waals surface area contributed by atoms with E-state index in [1.54, 1.807) is 17.9 Å². The summed E-state index contributed by atoms with van der Waals surface area (Å²) in [6.07, 6.45) is 1.57. The molecule has 0 bridgehead atoms. The second-order valence-electron chi connectivity index (χ2n) is 7.02. The van der Waals surface area contributed by atoms with Crippen LogP contribution in [-0.2, 0) is 11.3 Å². The summed E-state index contributed by atoms with van der Waals surface area (Å²) in [4.78, 5) is 26.4. The van der Waals surface area contributed by atoms with Crippen molar-refractivity contribution in [2.24, 2.45) is 0 Å². The largest absolute Gasteiger partial charge is 0.496 e. The minimum absolute atomic E-state index is 0.0125. The van der Waals surface area contributed by atoms with Gasteiger partial charge < -0.3 is 15.0 Å². The van der Waals surface area contributed by atoms with E-state index in [-0.39, 0.29) is 23.8 Å². The number of benzene rings is 2. The summed E-state index contributed by atoms with van der Waals surface area (Å²) < 4.78 is 7.16. The van der Waals surface area contributed by atoms with Gasteiger partial charge in [-0.05, 0) is 32.3 Å². The normalized spacial score (nSPS) is 12.1. The predicted octanol–water partition coefficient (Wildman–Crippen LogP) is 2.21. The van der Waals surface area contributed by atoms with Gasteiger partial charge in [-0.25, -0.2) is 0 Å². The quantitative estimate of drug-likeness (QED) is 0.634. The van der Waals surface area contributed by atoms with Gasteiger partial charge in [0, 0.05) is 23.9 Å². The van der Waals surface area contributed by atoms with Crippen LogP contribution in [0.1, 0.15) is 18.0 Å². The third-order valence-electron chi connectivity index (χ3n) is 4.93. The van der Waals surface area contributed by atoms with Crippen molar-refractivity contribution in [1.29, 1.82) is 0 Å². The third kappa shape index (κ3) is 4.81. The summed E-state index contributed by atoms with van der Waals surface area (Å²) in [6.45, 7) is 0.860. The molecule has 1 heterocycles. The van der Waals surface area contributed by atoms with Crippen LogP contribution in [0.3, 0.4) is 0 Å². The number of carbonyl (C=O) groups excluding carboxylic acids is 1. The predicted molar refractivity (Wildman–Crippen MR) is 113 cm³/mol. The van der Waals surface area contributed by atoms with Crippen molar-refractivity contribution in [3.05, 3.63) is 70.5 Å². The lowest BCUT2D eigenvalue weighted by Gasteiger charge is -2.26. The molecule has 0 saturated heterocycles. The van der Waals surface area contributed by atoms with E-state index >= 15 is 0 Å². The van der Waals surface area contributed by atoms with Gasteiger partial charge in [0.25, 0.3) is 0 Å². The SMILES string of the molecule is COc1ccccc1C(CNC(=O)CCn1ncc(=O)c2ccccc21)N(C)C. The van der Waals surface area contributed by atoms with Crippen molar-refractivity contribution in [2.75, 3.05) is 27.7 Å². The number of ether oxygens (including phenoxy) is 1. The highest BCUT2D eigenvalue weighted by Gasteiger charge is 2.19. The Morgan fingerprint density at radius 3 is 2.66 bits per heavy atom. The molecule has 7 heteroatoms. The Kier molecular flexibility index (Phi) is 6.61. The smallest absolute Gasteiger partial charge is 0.221 e. The average Bonchev–Trinajstić information content (AvgIpc) is 2.73. The maximum atomic E-state index is 12.5. The maximum Gasteiger partial charge on any atom is 0.221 e. The number of rotatable bonds is 8. The van der Waals surface area contributed by atoms with E-state index < -0.39 is 0 Å². The molecule has 1 amide bonds. The molecule has 0 spiro atoms. The van der Waals surface area contributed by atoms with Gasteiger partial charge in [0.15, 0.2) is 0 Å². The van der Waals surface area contributed by atoms with E-state index in [1.807, 2.05) is 56.6 Å². The number of nitrogens with one attached hydrogen (secondary N) is 1. The van der Waals surface area contributed by atoms with E-state index in [9.17, 15) is 9.59 Å². The summed E-state index contributed by atoms with van der Waals surface area (Å²) in [5.41, 5.74) is 1.63. The second-order valence-corrected chi connectivity index (χ2v) is 7.02. The summed E-state index contributed by atoms with van der Waals surface area (Å²) in [6, 6.07) is 15.1. The van der Waals surface area contributed by atoms with Crippen molar-refractivity contribution in [3.8, 4) is 5.75 Å². The fourth-order valence-electron chi connectivity index (χ4n) is 3.36. The summed E-state index contributed by atoms with van der Waals surface area (Å²) in [5.74, 6) is 0.723. The molecule has 1 unspecified atom stereocenters. The lowest BCUT2D eigenvalue weighted by Crippen LogP contribution is -2.35. The number of amides is 1. The fraction of sp³-hybridized carbons (Fsp3) is 0.318. The number of hydrogen-bond donors (Lipinski definition) is 1. The zero-order valence-electron chi connectivity index (χ0n) is 17.0. The Morgan fingerprint density at radius 2 is 1.90 bits per heavy atom. The van der Waals surface area contributed by atoms with E-state index in [1.165, 1.54) is 6.20 Å². The Labute approximate surface area is 169 Å². The van der Waals surface area contributed by atoms with Gasteiger partial charge in [0.1, 0.15) is 5.75 Å². The van der Waals surface area contributed by atoms with Crippen molar-refractivity contribution >= 4 is 16.8 Å². The molecule has 1 N–H and O–H groups in total. The summed E-state index contributed by atoms with van der Waals surface area (Å²) >= 11 is 0. The third-order valence-corrected chi connectivity index (χ3v) is 4.93. The highest BCUT2D eigenvalue weighted by molar-refractivity contribution is 5.79. The summed E-state index contributed by atoms with van der Waals surface area (Å²) in [7, 11) is 5.59. The van der Waals surface area contributed by atoms with Crippen LogP contribution in [0, 0.1) is 0 Å². The number of methoxy groups -OCH3 is 1. The summed E-state index contributed by atoms with van der Waals surface area (Å²) in [5, 5.41) is 7.78. The molecule has 152 valence electrons. The van der Waals surface area contributed by atoms with E-state index in [0.29, 0.717) is 18.5 Å². The Bertz CT molecular complexity index is 1050. The Morgan fingerprint density at radius 1 is 1.17 bits per heavy atom. The number of nitrogens with zero attached hydrogens (tertiary/aromatic N) is 3. The van der Waals surface area contributed by atoms with E-state index in [0.717, 1.165) is 16.8 Å². The minimum Gasteiger partial charge on any atom is -0.496 e. The maximum absolute atomic E-state index is 12.5. The van der Waals surface area contributed by atoms with E-state index in [4.69, 9.17) is 4.74 Å². The standard InChI is InChI=1S/C22H26N4O3/c1-25(2)19(17-9-5-7-11-21(17)29-3)14-23-22(28)12-13-26-18-10-6-4-8-16(18)20(27)15-24-26/h4-11,15,19H,12-14H2,1-3H3,(H,23,28). The van der Waals surface area contributed by atoms with Crippen molar-refractivity contribution in [2.45, 2.75) is 19.0 Å². The number of para-hydroxylation sites is 2. The van der Waals surface area contributed by atoms with Crippen LogP contribution in [0.5, 0.6) is 5.75 Å². The topological polar surface area (TPSA) is 76.5 Å². The van der Waals surface area contributed by atoms with Gasteiger partial charge in [-0.3, -0.25) is 14.3 Å². The Hall–Kier alpha value is -3.19. The molecule has 29 heavy (non-hydrogen) atoms. The van der Waals surface area contributed by atoms with Crippen LogP contribution in [0.2, 0.25) is 0 Å². The lowest BCUT2D eigenvalue weighted by molar-refractivity contribution is -0.121. The molecule has 0 radical (unpaired) electrons. The number of likely N-dealkylation sites (N-methyl/N-ethyl adjacent to an activating group) is 1. The number of aromatic nitrogens is 2. The van der Waals surface area contributed by atoms with Crippen LogP contribution in [0.4, 0.5) is 0 Å². The first-order valence-electron chi connectivity index (χ1n) is 9.52. The van der Waals surface area contributed by atoms with Crippen LogP contribution in [0.15, 0.2) is 59.5 Å². The molecular weight excluding hydrogens is 368 g/mol. The minimum atomic E-state index is -0.119. The first-order chi connectivity index (χ1) is 14.0. The number of aryl methyl sites for hydroxylation is 1. The van der Waals surface area contributed by atoms with Crippen molar-refractivity contribution in [1.82, 2.24) is 20.0 Å². The van der Waals surface area contributed by atoms with Crippen LogP contribution in [-0.4, -0.2) is 48.3 Å². The number of fused-ring (bicyclic) bond motifs is 1. The van der Waals surface area contributed by atoms with Gasteiger partial charge in [-0.2, -0.15) is 5.10 Å².